The zero-order valence-electron chi connectivity index (χ0n) is 33.3. The molecule has 6 nitrogen and oxygen atoms in total. The van der Waals surface area contributed by atoms with Gasteiger partial charge in [-0.15, -0.1) is 0 Å². The molecule has 0 heterocycles. The summed E-state index contributed by atoms with van der Waals surface area (Å²) < 4.78 is 3.25. The van der Waals surface area contributed by atoms with Gasteiger partial charge in [-0.05, 0) is 43.9 Å². The van der Waals surface area contributed by atoms with E-state index >= 15 is 0 Å². The maximum absolute atomic E-state index is 11.6. The fraction of sp³-hybridized carbons (Fsp3) is 0.905. The van der Waals surface area contributed by atoms with E-state index in [2.05, 4.69) is 27.7 Å². The number of carbonyl (C=O) groups is 4. The Bertz CT molecular complexity index is 803. The molecule has 2 aliphatic carbocycles. The normalized spacial score (nSPS) is 18.4. The SMILES string of the molecule is CC12CCC(C(=O)C1=O)C2(C)C.CCCCCCCCCCCC(=O)[O-].CCCCCCCCCCCC(=O)[O-].CCC[CH2][Sn+2][CH2]CCC. The third kappa shape index (κ3) is 24.8. The summed E-state index contributed by atoms with van der Waals surface area (Å²) in [6.07, 6.45) is 30.0. The molecule has 286 valence electrons. The second-order valence-corrected chi connectivity index (χ2v) is 19.5. The molecular formula is C42H78O6Sn. The van der Waals surface area contributed by atoms with E-state index < -0.39 is 11.9 Å². The maximum atomic E-state index is 11.6. The molecule has 49 heavy (non-hydrogen) atoms. The van der Waals surface area contributed by atoms with Crippen molar-refractivity contribution in [2.75, 3.05) is 0 Å². The average Bonchev–Trinajstić information content (AvgIpc) is 3.37. The predicted molar refractivity (Wildman–Crippen MR) is 204 cm³/mol. The Morgan fingerprint density at radius 3 is 1.14 bits per heavy atom. The Hall–Kier alpha value is -0.921. The van der Waals surface area contributed by atoms with Gasteiger partial charge in [-0.1, -0.05) is 137 Å². The Morgan fingerprint density at radius 1 is 0.571 bits per heavy atom. The number of fused-ring (bicyclic) bond motifs is 2. The van der Waals surface area contributed by atoms with Gasteiger partial charge in [0.1, 0.15) is 0 Å². The number of rotatable bonds is 26. The third-order valence-electron chi connectivity index (χ3n) is 10.7. The van der Waals surface area contributed by atoms with Crippen LogP contribution in [0.15, 0.2) is 0 Å². The van der Waals surface area contributed by atoms with E-state index in [4.69, 9.17) is 0 Å². The molecule has 2 bridgehead atoms. The number of unbranched alkanes of at least 4 members (excludes halogenated alkanes) is 18. The van der Waals surface area contributed by atoms with Crippen molar-refractivity contribution in [3.8, 4) is 0 Å². The van der Waals surface area contributed by atoms with Gasteiger partial charge in [0, 0.05) is 23.3 Å². The first-order chi connectivity index (χ1) is 23.4. The molecule has 2 rings (SSSR count). The fourth-order valence-corrected chi connectivity index (χ4v) is 10.8. The van der Waals surface area contributed by atoms with Gasteiger partial charge in [-0.2, -0.15) is 0 Å². The first kappa shape index (κ1) is 50.2. The number of hydrogen-bond donors (Lipinski definition) is 0. The van der Waals surface area contributed by atoms with Crippen LogP contribution in [0.4, 0.5) is 0 Å². The summed E-state index contributed by atoms with van der Waals surface area (Å²) in [5, 5.41) is 20.2. The summed E-state index contributed by atoms with van der Waals surface area (Å²) in [4.78, 5) is 43.2. The van der Waals surface area contributed by atoms with E-state index in [1.54, 1.807) is 8.87 Å². The molecule has 0 aromatic carbocycles. The molecule has 2 fully saturated rings. The summed E-state index contributed by atoms with van der Waals surface area (Å²) in [5.74, 6) is -2.05. The summed E-state index contributed by atoms with van der Waals surface area (Å²) in [5.41, 5.74) is -0.448. The van der Waals surface area contributed by atoms with Crippen LogP contribution in [0, 0.1) is 16.7 Å². The molecule has 0 N–H and O–H groups in total. The molecule has 0 radical (unpaired) electrons. The van der Waals surface area contributed by atoms with E-state index in [1.807, 2.05) is 20.8 Å². The number of Topliss-reactive ketones (excluding diaryl/α,β-unsaturated/α-hetero) is 2. The first-order valence-electron chi connectivity index (χ1n) is 20.6. The monoisotopic (exact) mass is 798 g/mol. The molecule has 0 aliphatic heterocycles. The van der Waals surface area contributed by atoms with Crippen molar-refractivity contribution < 1.29 is 29.4 Å². The first-order valence-corrected chi connectivity index (χ1v) is 24.6. The van der Waals surface area contributed by atoms with Gasteiger partial charge in [0.2, 0.25) is 11.6 Å². The van der Waals surface area contributed by atoms with Crippen LogP contribution in [0.5, 0.6) is 0 Å². The molecule has 0 aromatic heterocycles. The second kappa shape index (κ2) is 33.0. The third-order valence-corrected chi connectivity index (χ3v) is 14.7. The van der Waals surface area contributed by atoms with Gasteiger partial charge in [0.05, 0.1) is 0 Å². The molecule has 7 heteroatoms. The van der Waals surface area contributed by atoms with Crippen LogP contribution in [-0.4, -0.2) is 44.6 Å². The summed E-state index contributed by atoms with van der Waals surface area (Å²) in [6, 6.07) is 0. The zero-order chi connectivity index (χ0) is 37.4. The van der Waals surface area contributed by atoms with Crippen molar-refractivity contribution in [2.24, 2.45) is 16.7 Å². The van der Waals surface area contributed by atoms with Gasteiger partial charge in [0.25, 0.3) is 0 Å². The van der Waals surface area contributed by atoms with Crippen LogP contribution in [-0.2, 0) is 19.2 Å². The van der Waals surface area contributed by atoms with Crippen LogP contribution >= 0.6 is 0 Å². The fourth-order valence-electron chi connectivity index (χ4n) is 6.68. The minimum atomic E-state index is -0.909. The van der Waals surface area contributed by atoms with Gasteiger partial charge < -0.3 is 19.8 Å². The molecule has 2 atom stereocenters. The van der Waals surface area contributed by atoms with Crippen molar-refractivity contribution in [2.45, 2.75) is 224 Å². The van der Waals surface area contributed by atoms with Crippen molar-refractivity contribution >= 4 is 44.6 Å². The number of carboxylic acids is 2. The molecule has 0 amide bonds. The molecular weight excluding hydrogens is 719 g/mol. The average molecular weight is 798 g/mol. The topological polar surface area (TPSA) is 114 Å². The quantitative estimate of drug-likeness (QED) is 0.0489. The van der Waals surface area contributed by atoms with Crippen LogP contribution in [0.2, 0.25) is 8.87 Å². The Kier molecular flexibility index (Phi) is 33.7. The molecule has 2 unspecified atom stereocenters. The Balaban J connectivity index is 0. The zero-order valence-corrected chi connectivity index (χ0v) is 36.2. The van der Waals surface area contributed by atoms with Crippen molar-refractivity contribution in [1.82, 2.24) is 0 Å². The van der Waals surface area contributed by atoms with E-state index in [0.717, 1.165) is 38.5 Å². The summed E-state index contributed by atoms with van der Waals surface area (Å²) in [6.45, 7) is 15.1. The van der Waals surface area contributed by atoms with Crippen LogP contribution in [0.25, 0.3) is 0 Å². The predicted octanol–water partition coefficient (Wildman–Crippen LogP) is 10.0. The summed E-state index contributed by atoms with van der Waals surface area (Å²) in [7, 11) is 0. The van der Waals surface area contributed by atoms with Crippen molar-refractivity contribution in [1.29, 1.82) is 0 Å². The van der Waals surface area contributed by atoms with Crippen LogP contribution in [0.3, 0.4) is 0 Å². The second-order valence-electron chi connectivity index (χ2n) is 15.2. The van der Waals surface area contributed by atoms with Gasteiger partial charge in [0.15, 0.2) is 0 Å². The minimum absolute atomic E-state index is 0.00926. The van der Waals surface area contributed by atoms with E-state index in [-0.39, 0.29) is 62.3 Å². The number of hydrogen-bond acceptors (Lipinski definition) is 6. The molecule has 0 aromatic rings. The van der Waals surface area contributed by atoms with Gasteiger partial charge in [-0.3, -0.25) is 9.59 Å². The van der Waals surface area contributed by atoms with Crippen LogP contribution < -0.4 is 10.2 Å². The van der Waals surface area contributed by atoms with Gasteiger partial charge >= 0.3 is 69.5 Å². The Labute approximate surface area is 313 Å². The van der Waals surface area contributed by atoms with E-state index in [1.165, 1.54) is 116 Å². The van der Waals surface area contributed by atoms with E-state index in [9.17, 15) is 29.4 Å². The number of carboxylic acid groups (broad SMARTS) is 2. The molecule has 2 saturated carbocycles. The van der Waals surface area contributed by atoms with Crippen molar-refractivity contribution in [3.63, 3.8) is 0 Å². The van der Waals surface area contributed by atoms with Gasteiger partial charge in [-0.25, -0.2) is 0 Å². The number of carbonyl (C=O) groups excluding carboxylic acids is 4. The molecule has 2 aliphatic rings. The van der Waals surface area contributed by atoms with Crippen LogP contribution in [0.1, 0.15) is 215 Å². The van der Waals surface area contributed by atoms with Crippen molar-refractivity contribution in [3.05, 3.63) is 0 Å². The number of aliphatic carboxylic acids is 2. The van der Waals surface area contributed by atoms with E-state index in [0.29, 0.717) is 0 Å². The summed E-state index contributed by atoms with van der Waals surface area (Å²) >= 11 is 0.149. The molecule has 0 saturated heterocycles. The standard InChI is InChI=1S/2C12H24O2.C10H14O2.2C4H9.Sn/c2*1-2-3-4-5-6-7-8-9-10-11-12(13)14;1-9(2)6-4-5-10(9,3)8(12)7(6)11;2*1-3-4-2;/h2*2-11H2,1H3,(H,13,14);6H,4-5H2,1-3H3;2*1,3-4H2,2H3;/q;;;;;+2/p-2. The Morgan fingerprint density at radius 2 is 0.898 bits per heavy atom. The molecule has 0 spiro atoms. The number of ketones is 2.